The van der Waals surface area contributed by atoms with Gasteiger partial charge in [0.25, 0.3) is 0 Å². The van der Waals surface area contributed by atoms with Gasteiger partial charge in [-0.1, -0.05) is 43.4 Å². The van der Waals surface area contributed by atoms with Crippen LogP contribution in [0.5, 0.6) is 0 Å². The molecule has 100 valence electrons. The lowest BCUT2D eigenvalue weighted by Crippen LogP contribution is -2.10. The Morgan fingerprint density at radius 3 is 2.53 bits per heavy atom. The summed E-state index contributed by atoms with van der Waals surface area (Å²) in [6, 6.07) is 8.16. The first kappa shape index (κ1) is 13.7. The van der Waals surface area contributed by atoms with E-state index in [4.69, 9.17) is 0 Å². The van der Waals surface area contributed by atoms with Gasteiger partial charge in [0, 0.05) is 12.7 Å². The maximum absolute atomic E-state index is 11.1. The first-order chi connectivity index (χ1) is 9.04. The molecule has 1 heterocycles. The number of aromatic nitrogens is 1. The number of carbonyl (C=O) groups is 1. The molecule has 0 aliphatic heterocycles. The van der Waals surface area contributed by atoms with Gasteiger partial charge < -0.3 is 4.90 Å². The van der Waals surface area contributed by atoms with Crippen molar-refractivity contribution < 1.29 is 4.79 Å². The van der Waals surface area contributed by atoms with Gasteiger partial charge in [-0.2, -0.15) is 0 Å². The van der Waals surface area contributed by atoms with Crippen molar-refractivity contribution in [2.75, 3.05) is 11.9 Å². The van der Waals surface area contributed by atoms with E-state index in [1.54, 1.807) is 0 Å². The molecule has 2 aromatic rings. The van der Waals surface area contributed by atoms with E-state index >= 15 is 0 Å². The van der Waals surface area contributed by atoms with E-state index < -0.39 is 0 Å². The second-order valence-corrected chi connectivity index (χ2v) is 5.87. The number of hydrogen-bond donors (Lipinski definition) is 0. The van der Waals surface area contributed by atoms with Crippen molar-refractivity contribution in [3.63, 3.8) is 0 Å². The van der Waals surface area contributed by atoms with Crippen molar-refractivity contribution >= 4 is 28.4 Å². The van der Waals surface area contributed by atoms with Crippen molar-refractivity contribution in [1.29, 1.82) is 0 Å². The van der Waals surface area contributed by atoms with Crippen LogP contribution in [-0.2, 0) is 0 Å². The summed E-state index contributed by atoms with van der Waals surface area (Å²) in [5.74, 6) is 0.260. The number of rotatable bonds is 4. The van der Waals surface area contributed by atoms with Crippen molar-refractivity contribution in [1.82, 2.24) is 4.98 Å². The molecule has 0 fully saturated rings. The fourth-order valence-electron chi connectivity index (χ4n) is 2.02. The Kier molecular flexibility index (Phi) is 4.00. The number of nitrogens with zero attached hydrogens (tertiary/aromatic N) is 2. The molecule has 4 heteroatoms. The molecule has 0 amide bonds. The molecule has 2 rings (SSSR count). The van der Waals surface area contributed by atoms with Gasteiger partial charge in [-0.25, -0.2) is 4.98 Å². The van der Waals surface area contributed by atoms with Crippen LogP contribution >= 0.6 is 11.3 Å². The molecule has 0 aliphatic rings. The maximum Gasteiger partial charge on any atom is 0.190 e. The molecule has 0 atom stereocenters. The van der Waals surface area contributed by atoms with Gasteiger partial charge in [0.15, 0.2) is 11.4 Å². The van der Waals surface area contributed by atoms with E-state index in [1.807, 2.05) is 24.1 Å². The fourth-order valence-corrected chi connectivity index (χ4v) is 3.03. The average Bonchev–Trinajstić information content (AvgIpc) is 2.83. The molecule has 0 saturated heterocycles. The summed E-state index contributed by atoms with van der Waals surface area (Å²) in [5.41, 5.74) is 3.19. The molecular weight excluding hydrogens is 256 g/mol. The number of carbonyl (C=O) groups excluding carboxylic acids is 1. The molecule has 19 heavy (non-hydrogen) atoms. The summed E-state index contributed by atoms with van der Waals surface area (Å²) in [6.07, 6.45) is 0.905. The summed E-state index contributed by atoms with van der Waals surface area (Å²) < 4.78 is 0. The lowest BCUT2D eigenvalue weighted by molar-refractivity contribution is 0.112. The predicted molar refractivity (Wildman–Crippen MR) is 80.8 cm³/mol. The molecule has 0 aliphatic carbocycles. The van der Waals surface area contributed by atoms with Gasteiger partial charge in [0.2, 0.25) is 0 Å². The minimum absolute atomic E-state index is 0.260. The Labute approximate surface area is 117 Å². The van der Waals surface area contributed by atoms with E-state index in [0.717, 1.165) is 27.7 Å². The van der Waals surface area contributed by atoms with Crippen LogP contribution in [0.15, 0.2) is 24.3 Å². The van der Waals surface area contributed by atoms with Crippen LogP contribution in [0, 0.1) is 6.92 Å². The molecule has 3 nitrogen and oxygen atoms in total. The van der Waals surface area contributed by atoms with E-state index in [1.165, 1.54) is 16.9 Å². The van der Waals surface area contributed by atoms with Crippen LogP contribution in [0.1, 0.15) is 40.7 Å². The van der Waals surface area contributed by atoms with Gasteiger partial charge in [0.05, 0.1) is 10.6 Å². The number of para-hydroxylation sites is 1. The quantitative estimate of drug-likeness (QED) is 0.785. The highest BCUT2D eigenvalue weighted by atomic mass is 32.1. The maximum atomic E-state index is 11.1. The molecule has 0 saturated carbocycles. The first-order valence-corrected chi connectivity index (χ1v) is 7.11. The molecule has 0 bridgehead atoms. The molecule has 1 aromatic heterocycles. The smallest absolute Gasteiger partial charge is 0.190 e. The Bertz CT molecular complexity index is 590. The first-order valence-electron chi connectivity index (χ1n) is 6.29. The third-order valence-electron chi connectivity index (χ3n) is 3.09. The van der Waals surface area contributed by atoms with E-state index in [2.05, 4.69) is 37.9 Å². The van der Waals surface area contributed by atoms with Crippen LogP contribution in [0.2, 0.25) is 0 Å². The van der Waals surface area contributed by atoms with Gasteiger partial charge >= 0.3 is 0 Å². The second kappa shape index (κ2) is 5.53. The Morgan fingerprint density at radius 1 is 1.32 bits per heavy atom. The van der Waals surface area contributed by atoms with Crippen LogP contribution in [0.4, 0.5) is 10.8 Å². The van der Waals surface area contributed by atoms with Crippen LogP contribution in [0.3, 0.4) is 0 Å². The zero-order chi connectivity index (χ0) is 14.0. The van der Waals surface area contributed by atoms with Gasteiger partial charge in [-0.3, -0.25) is 4.79 Å². The third kappa shape index (κ3) is 2.68. The minimum Gasteiger partial charge on any atom is -0.321 e. The fraction of sp³-hybridized carbons (Fsp3) is 0.333. The van der Waals surface area contributed by atoms with Crippen molar-refractivity contribution in [2.24, 2.45) is 0 Å². The lowest BCUT2D eigenvalue weighted by atomic mass is 10.1. The molecule has 1 aromatic carbocycles. The largest absolute Gasteiger partial charge is 0.321 e. The van der Waals surface area contributed by atoms with Crippen molar-refractivity contribution in [3.8, 4) is 0 Å². The van der Waals surface area contributed by atoms with Gasteiger partial charge in [-0.15, -0.1) is 0 Å². The molecule has 0 radical (unpaired) electrons. The molecule has 0 unspecified atom stereocenters. The van der Waals surface area contributed by atoms with E-state index in [0.29, 0.717) is 0 Å². The molecular formula is C15H18N2OS. The summed E-state index contributed by atoms with van der Waals surface area (Å²) >= 11 is 1.45. The summed E-state index contributed by atoms with van der Waals surface area (Å²) in [7, 11) is 1.99. The third-order valence-corrected chi connectivity index (χ3v) is 4.16. The van der Waals surface area contributed by atoms with Crippen LogP contribution < -0.4 is 4.90 Å². The van der Waals surface area contributed by atoms with E-state index in [-0.39, 0.29) is 5.92 Å². The standard InChI is InChI=1S/C15H18N2OS/c1-10(2)14-13(9-18)19-15(16-14)17(4)12-8-6-5-7-11(12)3/h5-10H,1-4H3. The van der Waals surface area contributed by atoms with Crippen molar-refractivity contribution in [2.45, 2.75) is 26.7 Å². The number of thiazole rings is 1. The highest BCUT2D eigenvalue weighted by Crippen LogP contribution is 2.33. The second-order valence-electron chi connectivity index (χ2n) is 4.86. The lowest BCUT2D eigenvalue weighted by Gasteiger charge is -2.18. The summed E-state index contributed by atoms with van der Waals surface area (Å²) in [5, 5.41) is 0.861. The Hall–Kier alpha value is -1.68. The highest BCUT2D eigenvalue weighted by molar-refractivity contribution is 7.17. The zero-order valence-electron chi connectivity index (χ0n) is 11.7. The Morgan fingerprint density at radius 2 is 2.00 bits per heavy atom. The molecule has 0 spiro atoms. The highest BCUT2D eigenvalue weighted by Gasteiger charge is 2.17. The number of anilines is 2. The predicted octanol–water partition coefficient (Wildman–Crippen LogP) is 4.16. The monoisotopic (exact) mass is 274 g/mol. The average molecular weight is 274 g/mol. The van der Waals surface area contributed by atoms with Crippen LogP contribution in [0.25, 0.3) is 0 Å². The van der Waals surface area contributed by atoms with Gasteiger partial charge in [0.1, 0.15) is 0 Å². The number of hydrogen-bond acceptors (Lipinski definition) is 4. The van der Waals surface area contributed by atoms with Crippen LogP contribution in [-0.4, -0.2) is 18.3 Å². The Balaban J connectivity index is 2.42. The zero-order valence-corrected chi connectivity index (χ0v) is 12.5. The van der Waals surface area contributed by atoms with Crippen molar-refractivity contribution in [3.05, 3.63) is 40.4 Å². The minimum atomic E-state index is 0.260. The number of aldehydes is 1. The summed E-state index contributed by atoms with van der Waals surface area (Å²) in [4.78, 5) is 18.5. The van der Waals surface area contributed by atoms with Gasteiger partial charge in [-0.05, 0) is 24.5 Å². The molecule has 0 N–H and O–H groups in total. The number of aryl methyl sites for hydroxylation is 1. The normalized spacial score (nSPS) is 10.8. The SMILES string of the molecule is Cc1ccccc1N(C)c1nc(C(C)C)c(C=O)s1. The van der Waals surface area contributed by atoms with E-state index in [9.17, 15) is 4.79 Å². The summed E-state index contributed by atoms with van der Waals surface area (Å²) in [6.45, 7) is 6.18. The number of benzene rings is 1. The topological polar surface area (TPSA) is 33.2 Å².